The fraction of sp³-hybridized carbons (Fsp3) is 0.611. The second-order valence-corrected chi connectivity index (χ2v) is 7.78. The van der Waals surface area contributed by atoms with Crippen molar-refractivity contribution >= 4 is 40.7 Å². The van der Waals surface area contributed by atoms with E-state index in [0.717, 1.165) is 23.9 Å². The van der Waals surface area contributed by atoms with Gasteiger partial charge in [-0.2, -0.15) is 0 Å². The van der Waals surface area contributed by atoms with Crippen LogP contribution in [-0.2, 0) is 10.8 Å². The van der Waals surface area contributed by atoms with Gasteiger partial charge < -0.3 is 10.6 Å². The minimum Gasteiger partial charge on any atom is -0.355 e. The summed E-state index contributed by atoms with van der Waals surface area (Å²) in [5, 5.41) is 6.55. The number of nitrogens with one attached hydrogen (secondary N) is 2. The molecule has 0 radical (unpaired) electrons. The predicted molar refractivity (Wildman–Crippen MR) is 119 cm³/mol. The molecule has 1 unspecified atom stereocenters. The molecule has 0 saturated carbocycles. The second-order valence-electron chi connectivity index (χ2n) is 6.21. The molecule has 0 aliphatic heterocycles. The van der Waals surface area contributed by atoms with Gasteiger partial charge in [-0.3, -0.25) is 14.1 Å². The molecule has 5 nitrogen and oxygen atoms in total. The summed E-state index contributed by atoms with van der Waals surface area (Å²) in [6, 6.07) is 10.6. The van der Waals surface area contributed by atoms with E-state index >= 15 is 0 Å². The Morgan fingerprint density at radius 2 is 1.64 bits per heavy atom. The highest BCUT2D eigenvalue weighted by Gasteiger charge is 2.12. The summed E-state index contributed by atoms with van der Waals surface area (Å²) in [4.78, 5) is 7.52. The minimum atomic E-state index is -0.981. The van der Waals surface area contributed by atoms with Crippen LogP contribution >= 0.6 is 24.0 Å². The summed E-state index contributed by atoms with van der Waals surface area (Å²) in [7, 11) is 0.775. The van der Waals surface area contributed by atoms with Crippen molar-refractivity contribution in [3.8, 4) is 0 Å². The van der Waals surface area contributed by atoms with Crippen molar-refractivity contribution < 1.29 is 4.21 Å². The van der Waals surface area contributed by atoms with Crippen LogP contribution in [-0.4, -0.2) is 59.6 Å². The molecule has 0 amide bonds. The summed E-state index contributed by atoms with van der Waals surface area (Å²) in [6.45, 7) is 11.3. The Balaban J connectivity index is 0.00000576. The van der Waals surface area contributed by atoms with Gasteiger partial charge in [-0.15, -0.1) is 24.0 Å². The Morgan fingerprint density at radius 1 is 1.08 bits per heavy atom. The van der Waals surface area contributed by atoms with Gasteiger partial charge in [0.05, 0.1) is 10.8 Å². The van der Waals surface area contributed by atoms with E-state index in [1.54, 1.807) is 7.05 Å². The van der Waals surface area contributed by atoms with Crippen LogP contribution in [0.5, 0.6) is 0 Å². The summed E-state index contributed by atoms with van der Waals surface area (Å²) in [6.07, 6.45) is 0. The third-order valence-corrected chi connectivity index (χ3v) is 5.17. The van der Waals surface area contributed by atoms with Gasteiger partial charge >= 0.3 is 0 Å². The first-order chi connectivity index (χ1) is 11.5. The standard InChI is InChI=1S/C18H32N4OS.HI/c1-15(2)22(16(3)4)13-11-20-18(19-5)21-12-14-24(23)17-9-7-6-8-10-17;/h6-10,15-16H,11-14H2,1-5H3,(H2,19,20,21);1H. The van der Waals surface area contributed by atoms with E-state index in [0.29, 0.717) is 24.4 Å². The van der Waals surface area contributed by atoms with Crippen molar-refractivity contribution in [2.75, 3.05) is 32.4 Å². The Labute approximate surface area is 172 Å². The zero-order valence-corrected chi connectivity index (χ0v) is 19.1. The van der Waals surface area contributed by atoms with Crippen molar-refractivity contribution in [3.05, 3.63) is 30.3 Å². The molecular weight excluding hydrogens is 447 g/mol. The molecule has 25 heavy (non-hydrogen) atoms. The number of nitrogens with zero attached hydrogens (tertiary/aromatic N) is 2. The monoisotopic (exact) mass is 480 g/mol. The third-order valence-electron chi connectivity index (χ3n) is 3.80. The fourth-order valence-corrected chi connectivity index (χ4v) is 3.57. The van der Waals surface area contributed by atoms with Gasteiger partial charge in [-0.05, 0) is 39.8 Å². The lowest BCUT2D eigenvalue weighted by Gasteiger charge is -2.30. The van der Waals surface area contributed by atoms with Crippen molar-refractivity contribution in [1.29, 1.82) is 0 Å². The lowest BCUT2D eigenvalue weighted by molar-refractivity contribution is 0.178. The molecule has 0 aromatic heterocycles. The van der Waals surface area contributed by atoms with E-state index in [1.165, 1.54) is 0 Å². The highest BCUT2D eigenvalue weighted by molar-refractivity contribution is 14.0. The molecule has 0 spiro atoms. The average Bonchev–Trinajstić information content (AvgIpc) is 2.56. The molecule has 0 fully saturated rings. The summed E-state index contributed by atoms with van der Waals surface area (Å²) in [5.74, 6) is 1.32. The Bertz CT molecular complexity index is 515. The lowest BCUT2D eigenvalue weighted by Crippen LogP contribution is -2.45. The number of hydrogen-bond acceptors (Lipinski definition) is 3. The van der Waals surface area contributed by atoms with Crippen molar-refractivity contribution in [2.24, 2.45) is 4.99 Å². The first kappa shape index (κ1) is 24.3. The van der Waals surface area contributed by atoms with Gasteiger partial charge in [0.1, 0.15) is 0 Å². The SMILES string of the molecule is CN=C(NCCN(C(C)C)C(C)C)NCCS(=O)c1ccccc1.I. The van der Waals surface area contributed by atoms with Crippen LogP contribution < -0.4 is 10.6 Å². The number of guanidine groups is 1. The molecule has 7 heteroatoms. The molecule has 0 heterocycles. The second kappa shape index (κ2) is 13.5. The molecule has 0 saturated heterocycles. The maximum absolute atomic E-state index is 12.2. The summed E-state index contributed by atoms with van der Waals surface area (Å²) in [5.41, 5.74) is 0. The minimum absolute atomic E-state index is 0. The quantitative estimate of drug-likeness (QED) is 0.324. The zero-order valence-electron chi connectivity index (χ0n) is 16.0. The molecule has 0 bridgehead atoms. The Kier molecular flexibility index (Phi) is 13.2. The fourth-order valence-electron chi connectivity index (χ4n) is 2.59. The predicted octanol–water partition coefficient (Wildman–Crippen LogP) is 2.70. The van der Waals surface area contributed by atoms with Crippen LogP contribution in [0.25, 0.3) is 0 Å². The maximum Gasteiger partial charge on any atom is 0.191 e. The normalized spacial score (nSPS) is 13.0. The zero-order chi connectivity index (χ0) is 17.9. The van der Waals surface area contributed by atoms with Crippen LogP contribution in [0.2, 0.25) is 0 Å². The van der Waals surface area contributed by atoms with E-state index in [4.69, 9.17) is 0 Å². The first-order valence-corrected chi connectivity index (χ1v) is 9.91. The van der Waals surface area contributed by atoms with Crippen LogP contribution in [0.15, 0.2) is 40.2 Å². The molecule has 1 aromatic rings. The maximum atomic E-state index is 12.2. The molecule has 144 valence electrons. The van der Waals surface area contributed by atoms with Gasteiger partial charge in [0, 0.05) is 49.4 Å². The van der Waals surface area contributed by atoms with E-state index in [1.807, 2.05) is 30.3 Å². The van der Waals surface area contributed by atoms with E-state index in [-0.39, 0.29) is 24.0 Å². The van der Waals surface area contributed by atoms with Gasteiger partial charge in [0.2, 0.25) is 0 Å². The highest BCUT2D eigenvalue weighted by atomic mass is 127. The molecule has 1 rings (SSSR count). The highest BCUT2D eigenvalue weighted by Crippen LogP contribution is 2.05. The van der Waals surface area contributed by atoms with Crippen LogP contribution in [0.3, 0.4) is 0 Å². The van der Waals surface area contributed by atoms with E-state index in [9.17, 15) is 4.21 Å². The van der Waals surface area contributed by atoms with Crippen molar-refractivity contribution in [1.82, 2.24) is 15.5 Å². The molecular formula is C18H33IN4OS. The largest absolute Gasteiger partial charge is 0.355 e. The van der Waals surface area contributed by atoms with Crippen molar-refractivity contribution in [2.45, 2.75) is 44.7 Å². The molecule has 2 N–H and O–H groups in total. The van der Waals surface area contributed by atoms with Gasteiger partial charge in [0.15, 0.2) is 5.96 Å². The summed E-state index contributed by atoms with van der Waals surface area (Å²) < 4.78 is 12.2. The average molecular weight is 480 g/mol. The van der Waals surface area contributed by atoms with Crippen LogP contribution in [0.4, 0.5) is 0 Å². The number of rotatable bonds is 9. The third kappa shape index (κ3) is 9.55. The summed E-state index contributed by atoms with van der Waals surface area (Å²) >= 11 is 0. The topological polar surface area (TPSA) is 56.7 Å². The van der Waals surface area contributed by atoms with Gasteiger partial charge in [0.25, 0.3) is 0 Å². The number of aliphatic imine (C=N–C) groups is 1. The first-order valence-electron chi connectivity index (χ1n) is 8.59. The number of halogens is 1. The smallest absolute Gasteiger partial charge is 0.191 e. The van der Waals surface area contributed by atoms with E-state index < -0.39 is 10.8 Å². The number of hydrogen-bond donors (Lipinski definition) is 2. The Morgan fingerprint density at radius 3 is 2.16 bits per heavy atom. The van der Waals surface area contributed by atoms with Crippen molar-refractivity contribution in [3.63, 3.8) is 0 Å². The van der Waals surface area contributed by atoms with Gasteiger partial charge in [-0.1, -0.05) is 18.2 Å². The molecule has 1 atom stereocenters. The molecule has 0 aliphatic rings. The molecule has 1 aromatic carbocycles. The number of benzene rings is 1. The Hall–Kier alpha value is -0.670. The molecule has 0 aliphatic carbocycles. The van der Waals surface area contributed by atoms with Crippen LogP contribution in [0.1, 0.15) is 27.7 Å². The van der Waals surface area contributed by atoms with Crippen LogP contribution in [0, 0.1) is 0 Å². The van der Waals surface area contributed by atoms with Gasteiger partial charge in [-0.25, -0.2) is 0 Å². The van der Waals surface area contributed by atoms with E-state index in [2.05, 4.69) is 48.2 Å². The lowest BCUT2D eigenvalue weighted by atomic mass is 10.2.